The van der Waals surface area contributed by atoms with Crippen LogP contribution in [0.3, 0.4) is 0 Å². The van der Waals surface area contributed by atoms with E-state index >= 15 is 0 Å². The lowest BCUT2D eigenvalue weighted by Crippen LogP contribution is -2.37. The number of fused-ring (bicyclic) bond motifs is 1. The fraction of sp³-hybridized carbons (Fsp3) is 0.407. The molecule has 7 nitrogen and oxygen atoms in total. The molecule has 0 atom stereocenters. The number of nitrogens with one attached hydrogen (secondary N) is 1. The van der Waals surface area contributed by atoms with E-state index in [0.29, 0.717) is 11.8 Å². The van der Waals surface area contributed by atoms with Gasteiger partial charge in [-0.3, -0.25) is 0 Å². The fourth-order valence-electron chi connectivity index (χ4n) is 4.90. The molecule has 4 aromatic rings. The molecule has 176 valence electrons. The van der Waals surface area contributed by atoms with Gasteiger partial charge < -0.3 is 14.8 Å². The molecule has 1 aliphatic heterocycles. The van der Waals surface area contributed by atoms with Crippen molar-refractivity contribution in [2.24, 2.45) is 13.0 Å². The summed E-state index contributed by atoms with van der Waals surface area (Å²) in [5, 5.41) is 4.62. The first-order valence-electron chi connectivity index (χ1n) is 12.2. The minimum absolute atomic E-state index is 0.392. The molecule has 0 saturated carbocycles. The molecule has 0 unspecified atom stereocenters. The van der Waals surface area contributed by atoms with E-state index in [-0.39, 0.29) is 0 Å². The Balaban J connectivity index is 1.35. The number of nitrogens with zero attached hydrogens (tertiary/aromatic N) is 6. The number of aromatic nitrogens is 5. The van der Waals surface area contributed by atoms with Crippen LogP contribution in [-0.2, 0) is 7.05 Å². The Kier molecular flexibility index (Phi) is 6.18. The Bertz CT molecular complexity index is 1290. The molecule has 0 amide bonds. The third-order valence-electron chi connectivity index (χ3n) is 6.72. The molecule has 0 spiro atoms. The Labute approximate surface area is 201 Å². The smallest absolute Gasteiger partial charge is 0.205 e. The SMILES string of the molecule is Cc1cn(C)c(N2CCC(CNc3nc(-c4ccccc4C(C)C)nc4ncccc34)CC2)n1. The molecule has 0 radical (unpaired) electrons. The van der Waals surface area contributed by atoms with Gasteiger partial charge in [-0.15, -0.1) is 0 Å². The van der Waals surface area contributed by atoms with E-state index in [1.807, 2.05) is 6.07 Å². The summed E-state index contributed by atoms with van der Waals surface area (Å²) < 4.78 is 2.13. The second-order valence-electron chi connectivity index (χ2n) is 9.62. The standard InChI is InChI=1S/C27H33N7/c1-18(2)21-8-5-6-9-22(21)26-31-24-23(10-7-13-28-24)25(32-26)29-16-20-11-14-34(15-12-20)27-30-19(3)17-33(27)4/h5-10,13,17-18,20H,11-12,14-16H2,1-4H3,(H,28,29,31,32). The van der Waals surface area contributed by atoms with Gasteiger partial charge in [0.15, 0.2) is 11.5 Å². The van der Waals surface area contributed by atoms with Crippen molar-refractivity contribution in [3.05, 3.63) is 60.0 Å². The Morgan fingerprint density at radius 1 is 1.03 bits per heavy atom. The van der Waals surface area contributed by atoms with Crippen molar-refractivity contribution in [2.75, 3.05) is 29.9 Å². The number of pyridine rings is 1. The van der Waals surface area contributed by atoms with Gasteiger partial charge in [0.25, 0.3) is 0 Å². The predicted octanol–water partition coefficient (Wildman–Crippen LogP) is 5.19. The Morgan fingerprint density at radius 3 is 2.56 bits per heavy atom. The van der Waals surface area contributed by atoms with E-state index < -0.39 is 0 Å². The lowest BCUT2D eigenvalue weighted by Gasteiger charge is -2.32. The van der Waals surface area contributed by atoms with Crippen LogP contribution in [0.4, 0.5) is 11.8 Å². The van der Waals surface area contributed by atoms with E-state index in [0.717, 1.165) is 72.4 Å². The minimum Gasteiger partial charge on any atom is -0.369 e. The summed E-state index contributed by atoms with van der Waals surface area (Å²) in [4.78, 5) is 21.4. The highest BCUT2D eigenvalue weighted by Gasteiger charge is 2.22. The quantitative estimate of drug-likeness (QED) is 0.432. The second-order valence-corrected chi connectivity index (χ2v) is 9.62. The van der Waals surface area contributed by atoms with Gasteiger partial charge in [0, 0.05) is 44.6 Å². The zero-order valence-corrected chi connectivity index (χ0v) is 20.5. The average Bonchev–Trinajstić information content (AvgIpc) is 3.20. The summed E-state index contributed by atoms with van der Waals surface area (Å²) in [5.74, 6) is 3.66. The van der Waals surface area contributed by atoms with E-state index in [4.69, 9.17) is 15.0 Å². The van der Waals surface area contributed by atoms with Crippen LogP contribution >= 0.6 is 0 Å². The third kappa shape index (κ3) is 4.47. The largest absolute Gasteiger partial charge is 0.369 e. The highest BCUT2D eigenvalue weighted by atomic mass is 15.3. The van der Waals surface area contributed by atoms with E-state index in [2.05, 4.69) is 84.1 Å². The summed E-state index contributed by atoms with van der Waals surface area (Å²) in [6, 6.07) is 12.4. The van der Waals surface area contributed by atoms with Crippen LogP contribution in [0.25, 0.3) is 22.4 Å². The van der Waals surface area contributed by atoms with E-state index in [1.54, 1.807) is 6.20 Å². The first-order valence-corrected chi connectivity index (χ1v) is 12.2. The van der Waals surface area contributed by atoms with Gasteiger partial charge >= 0.3 is 0 Å². The molecule has 0 aliphatic carbocycles. The van der Waals surface area contributed by atoms with Gasteiger partial charge in [0.1, 0.15) is 5.82 Å². The molecule has 1 aromatic carbocycles. The van der Waals surface area contributed by atoms with E-state index in [9.17, 15) is 0 Å². The fourth-order valence-corrected chi connectivity index (χ4v) is 4.90. The van der Waals surface area contributed by atoms with Crippen molar-refractivity contribution in [3.63, 3.8) is 0 Å². The summed E-state index contributed by atoms with van der Waals surface area (Å²) in [7, 11) is 2.08. The van der Waals surface area contributed by atoms with Crippen LogP contribution in [0.1, 0.15) is 43.9 Å². The number of piperidine rings is 1. The molecule has 5 rings (SSSR count). The number of benzene rings is 1. The third-order valence-corrected chi connectivity index (χ3v) is 6.72. The molecular weight excluding hydrogens is 422 g/mol. The minimum atomic E-state index is 0.392. The molecule has 0 bridgehead atoms. The van der Waals surface area contributed by atoms with Crippen molar-refractivity contribution in [3.8, 4) is 11.4 Å². The molecule has 7 heteroatoms. The summed E-state index contributed by atoms with van der Waals surface area (Å²) in [6.45, 7) is 9.39. The molecule has 1 saturated heterocycles. The van der Waals surface area contributed by atoms with Gasteiger partial charge in [0.05, 0.1) is 11.1 Å². The van der Waals surface area contributed by atoms with Crippen LogP contribution in [0, 0.1) is 12.8 Å². The first kappa shape index (κ1) is 22.3. The molecule has 4 heterocycles. The first-order chi connectivity index (χ1) is 16.5. The lowest BCUT2D eigenvalue weighted by molar-refractivity contribution is 0.418. The highest BCUT2D eigenvalue weighted by molar-refractivity contribution is 5.88. The molecule has 34 heavy (non-hydrogen) atoms. The Morgan fingerprint density at radius 2 is 1.82 bits per heavy atom. The summed E-state index contributed by atoms with van der Waals surface area (Å²) in [6.07, 6.45) is 6.14. The zero-order chi connectivity index (χ0) is 23.7. The zero-order valence-electron chi connectivity index (χ0n) is 20.5. The monoisotopic (exact) mass is 455 g/mol. The molecule has 1 N–H and O–H groups in total. The molecule has 3 aromatic heterocycles. The maximum Gasteiger partial charge on any atom is 0.205 e. The molecule has 1 aliphatic rings. The van der Waals surface area contributed by atoms with Crippen LogP contribution in [0.2, 0.25) is 0 Å². The van der Waals surface area contributed by atoms with Crippen molar-refractivity contribution >= 4 is 22.8 Å². The van der Waals surface area contributed by atoms with Gasteiger partial charge in [-0.25, -0.2) is 19.9 Å². The highest BCUT2D eigenvalue weighted by Crippen LogP contribution is 2.30. The van der Waals surface area contributed by atoms with Crippen molar-refractivity contribution in [1.82, 2.24) is 24.5 Å². The maximum atomic E-state index is 4.99. The van der Waals surface area contributed by atoms with Gasteiger partial charge in [-0.05, 0) is 49.3 Å². The molecular formula is C27H33N7. The number of anilines is 2. The van der Waals surface area contributed by atoms with Crippen LogP contribution < -0.4 is 10.2 Å². The van der Waals surface area contributed by atoms with Crippen LogP contribution in [-0.4, -0.2) is 44.1 Å². The van der Waals surface area contributed by atoms with Gasteiger partial charge in [-0.2, -0.15) is 0 Å². The number of rotatable bonds is 6. The average molecular weight is 456 g/mol. The predicted molar refractivity (Wildman–Crippen MR) is 138 cm³/mol. The summed E-state index contributed by atoms with van der Waals surface area (Å²) in [5.41, 5.74) is 4.13. The summed E-state index contributed by atoms with van der Waals surface area (Å²) >= 11 is 0. The number of imidazole rings is 1. The van der Waals surface area contributed by atoms with Crippen molar-refractivity contribution in [2.45, 2.75) is 39.5 Å². The van der Waals surface area contributed by atoms with Crippen LogP contribution in [0.15, 0.2) is 48.8 Å². The molecule has 1 fully saturated rings. The number of hydrogen-bond donors (Lipinski definition) is 1. The Hall–Kier alpha value is -3.48. The van der Waals surface area contributed by atoms with Gasteiger partial charge in [-0.1, -0.05) is 38.1 Å². The van der Waals surface area contributed by atoms with Crippen LogP contribution in [0.5, 0.6) is 0 Å². The maximum absolute atomic E-state index is 4.99. The van der Waals surface area contributed by atoms with Gasteiger partial charge in [0.2, 0.25) is 5.95 Å². The van der Waals surface area contributed by atoms with E-state index in [1.165, 1.54) is 5.56 Å². The van der Waals surface area contributed by atoms with Crippen molar-refractivity contribution < 1.29 is 0 Å². The number of hydrogen-bond acceptors (Lipinski definition) is 6. The second kappa shape index (κ2) is 9.41. The van der Waals surface area contributed by atoms with Crippen molar-refractivity contribution in [1.29, 1.82) is 0 Å². The number of aryl methyl sites for hydroxylation is 2. The lowest BCUT2D eigenvalue weighted by atomic mass is 9.96. The normalized spacial score (nSPS) is 14.8. The topological polar surface area (TPSA) is 71.8 Å².